The zero-order chi connectivity index (χ0) is 20.8. The number of nitrogens with one attached hydrogen (secondary N) is 2. The van der Waals surface area contributed by atoms with E-state index in [-0.39, 0.29) is 17.7 Å². The highest BCUT2D eigenvalue weighted by Crippen LogP contribution is 2.74. The number of aromatic hydroxyl groups is 1. The van der Waals surface area contributed by atoms with Gasteiger partial charge in [0.1, 0.15) is 11.7 Å². The summed E-state index contributed by atoms with van der Waals surface area (Å²) in [6.45, 7) is 6.11. The van der Waals surface area contributed by atoms with Gasteiger partial charge in [0.15, 0.2) is 11.5 Å². The lowest BCUT2D eigenvalue weighted by molar-refractivity contribution is 0.0226. The second-order valence-corrected chi connectivity index (χ2v) is 8.65. The lowest BCUT2D eigenvalue weighted by Crippen LogP contribution is -2.55. The highest BCUT2D eigenvalue weighted by molar-refractivity contribution is 6.06. The summed E-state index contributed by atoms with van der Waals surface area (Å²) < 4.78 is 6.23. The van der Waals surface area contributed by atoms with Crippen molar-refractivity contribution < 1.29 is 19.7 Å². The molecule has 30 heavy (non-hydrogen) atoms. The van der Waals surface area contributed by atoms with Crippen LogP contribution >= 0.6 is 0 Å². The molecule has 6 rings (SSSR count). The molecule has 4 N–H and O–H groups in total. The van der Waals surface area contributed by atoms with E-state index in [1.165, 1.54) is 0 Å². The molecule has 3 unspecified atom stereocenters. The van der Waals surface area contributed by atoms with E-state index >= 15 is 0 Å². The summed E-state index contributed by atoms with van der Waals surface area (Å²) >= 11 is 0. The van der Waals surface area contributed by atoms with Gasteiger partial charge in [0.2, 0.25) is 0 Å². The molecule has 0 saturated heterocycles. The van der Waals surface area contributed by atoms with Crippen LogP contribution in [0.15, 0.2) is 54.7 Å². The number of ether oxygens (including phenoxy) is 1. The number of aromatic nitrogens is 1. The van der Waals surface area contributed by atoms with E-state index in [0.29, 0.717) is 29.7 Å². The van der Waals surface area contributed by atoms with Gasteiger partial charge in [-0.2, -0.15) is 0 Å². The molecule has 1 spiro atoms. The van der Waals surface area contributed by atoms with E-state index in [0.717, 1.165) is 22.0 Å². The Hall–Kier alpha value is -3.25. The molecule has 2 aromatic carbocycles. The second-order valence-electron chi connectivity index (χ2n) is 8.65. The number of amides is 1. The molecule has 1 aromatic heterocycles. The van der Waals surface area contributed by atoms with E-state index in [1.54, 1.807) is 12.1 Å². The third-order valence-electron chi connectivity index (χ3n) is 7.31. The van der Waals surface area contributed by atoms with Crippen molar-refractivity contribution in [1.82, 2.24) is 10.3 Å². The van der Waals surface area contributed by atoms with Crippen LogP contribution in [0.2, 0.25) is 0 Å². The number of fused-ring (bicyclic) bond motifs is 2. The predicted molar refractivity (Wildman–Crippen MR) is 112 cm³/mol. The average molecular weight is 402 g/mol. The van der Waals surface area contributed by atoms with Crippen molar-refractivity contribution in [3.8, 4) is 11.5 Å². The lowest BCUT2D eigenvalue weighted by atomic mass is 9.76. The topological polar surface area (TPSA) is 94.6 Å². The molecule has 152 valence electrons. The summed E-state index contributed by atoms with van der Waals surface area (Å²) in [4.78, 5) is 16.3. The number of hydrogen-bond donors (Lipinski definition) is 4. The molecule has 0 radical (unpaired) electrons. The Kier molecular flexibility index (Phi) is 3.20. The van der Waals surface area contributed by atoms with Crippen molar-refractivity contribution in [2.24, 2.45) is 0 Å². The van der Waals surface area contributed by atoms with E-state index in [2.05, 4.69) is 16.9 Å². The van der Waals surface area contributed by atoms with Crippen LogP contribution in [-0.4, -0.2) is 38.9 Å². The monoisotopic (exact) mass is 402 g/mol. The maximum atomic E-state index is 13.2. The number of carbonyl (C=O) groups is 1. The lowest BCUT2D eigenvalue weighted by Gasteiger charge is -2.35. The Morgan fingerprint density at radius 1 is 1.30 bits per heavy atom. The third kappa shape index (κ3) is 1.86. The van der Waals surface area contributed by atoms with Crippen LogP contribution in [0.5, 0.6) is 11.5 Å². The number of aryl methyl sites for hydroxylation is 1. The van der Waals surface area contributed by atoms with Crippen LogP contribution in [0, 0.1) is 6.92 Å². The fraction of sp³-hybridized carbons (Fsp3) is 0.292. The number of phenols is 1. The normalized spacial score (nSPS) is 30.9. The number of benzene rings is 2. The van der Waals surface area contributed by atoms with Crippen LogP contribution in [0.25, 0.3) is 10.9 Å². The molecular formula is C24H22N2O4. The maximum Gasteiger partial charge on any atom is 0.252 e. The average Bonchev–Trinajstić information content (AvgIpc) is 3.14. The fourth-order valence-electron chi connectivity index (χ4n) is 5.86. The van der Waals surface area contributed by atoms with Crippen molar-refractivity contribution in [2.75, 3.05) is 0 Å². The molecule has 2 heterocycles. The van der Waals surface area contributed by atoms with Gasteiger partial charge in [-0.25, -0.2) is 0 Å². The van der Waals surface area contributed by atoms with Crippen LogP contribution in [-0.2, 0) is 5.41 Å². The number of hydrogen-bond acceptors (Lipinski definition) is 4. The molecule has 2 aliphatic carbocycles. The first-order valence-electron chi connectivity index (χ1n) is 10.2. The molecule has 6 heteroatoms. The van der Waals surface area contributed by atoms with Crippen molar-refractivity contribution in [3.63, 3.8) is 0 Å². The molecule has 3 aliphatic rings. The number of phenolic OH excluding ortho intramolecular Hbond substituents is 1. The van der Waals surface area contributed by atoms with Crippen LogP contribution in [0.1, 0.15) is 34.3 Å². The van der Waals surface area contributed by atoms with Gasteiger partial charge in [-0.3, -0.25) is 4.79 Å². The van der Waals surface area contributed by atoms with Crippen molar-refractivity contribution >= 4 is 16.8 Å². The van der Waals surface area contributed by atoms with Gasteiger partial charge >= 0.3 is 0 Å². The highest BCUT2D eigenvalue weighted by atomic mass is 16.5. The number of rotatable bonds is 2. The van der Waals surface area contributed by atoms with Crippen LogP contribution in [0.3, 0.4) is 0 Å². The summed E-state index contributed by atoms with van der Waals surface area (Å²) in [6.07, 6.45) is 2.35. The Morgan fingerprint density at radius 2 is 2.13 bits per heavy atom. The molecule has 0 bridgehead atoms. The first kappa shape index (κ1) is 17.6. The second kappa shape index (κ2) is 5.46. The van der Waals surface area contributed by atoms with Crippen LogP contribution < -0.4 is 10.1 Å². The number of aromatic amines is 1. The summed E-state index contributed by atoms with van der Waals surface area (Å²) in [6, 6.07) is 10.6. The first-order valence-corrected chi connectivity index (χ1v) is 10.2. The molecule has 3 aromatic rings. The van der Waals surface area contributed by atoms with Gasteiger partial charge in [-0.15, -0.1) is 0 Å². The van der Waals surface area contributed by atoms with Gasteiger partial charge in [0.25, 0.3) is 5.91 Å². The van der Waals surface area contributed by atoms with E-state index < -0.39 is 17.1 Å². The minimum Gasteiger partial charge on any atom is -0.504 e. The summed E-state index contributed by atoms with van der Waals surface area (Å²) in [5.41, 5.74) is 2.07. The van der Waals surface area contributed by atoms with Gasteiger partial charge in [-0.1, -0.05) is 18.7 Å². The van der Waals surface area contributed by atoms with Crippen molar-refractivity contribution in [3.05, 3.63) is 71.4 Å². The predicted octanol–water partition coefficient (Wildman–Crippen LogP) is 3.07. The highest BCUT2D eigenvalue weighted by Gasteiger charge is 2.82. The molecule has 2 saturated carbocycles. The van der Waals surface area contributed by atoms with Gasteiger partial charge in [-0.05, 0) is 55.2 Å². The van der Waals surface area contributed by atoms with E-state index in [9.17, 15) is 15.0 Å². The largest absolute Gasteiger partial charge is 0.504 e. The Labute approximate surface area is 173 Å². The molecule has 2 fully saturated rings. The van der Waals surface area contributed by atoms with Crippen LogP contribution in [0.4, 0.5) is 0 Å². The van der Waals surface area contributed by atoms with Gasteiger partial charge < -0.3 is 25.3 Å². The summed E-state index contributed by atoms with van der Waals surface area (Å²) in [5, 5.41) is 25.8. The number of H-pyrrole nitrogens is 1. The maximum absolute atomic E-state index is 13.2. The van der Waals surface area contributed by atoms with Gasteiger partial charge in [0.05, 0.1) is 11.5 Å². The minimum absolute atomic E-state index is 0.0450. The Balaban J connectivity index is 1.40. The summed E-state index contributed by atoms with van der Waals surface area (Å²) in [5.74, 6) is 0.257. The number of carbonyl (C=O) groups excluding carboxylic acids is 1. The standard InChI is InChI=1S/C24H22N2O4/c1-12-6-7-18(27)20-19(12)24-13(2)23(24,29)10-8-17(21(24)30-20)26-22(28)15-4-3-5-16-14(15)9-11-25-16/h3-7,9,11,17,21,25,27,29H,2,8,10H2,1H3,(H,26,28)/t17?,21-,23?,24?/m0/s1. The molecule has 1 aliphatic heterocycles. The Bertz CT molecular complexity index is 1260. The molecule has 6 nitrogen and oxygen atoms in total. The zero-order valence-electron chi connectivity index (χ0n) is 16.5. The van der Waals surface area contributed by atoms with Crippen molar-refractivity contribution in [1.29, 1.82) is 0 Å². The van der Waals surface area contributed by atoms with E-state index in [1.807, 2.05) is 37.4 Å². The fourth-order valence-corrected chi connectivity index (χ4v) is 5.86. The van der Waals surface area contributed by atoms with Crippen molar-refractivity contribution in [2.45, 2.75) is 42.9 Å². The van der Waals surface area contributed by atoms with Gasteiger partial charge in [0, 0.05) is 28.2 Å². The smallest absolute Gasteiger partial charge is 0.252 e. The minimum atomic E-state index is -1.07. The van der Waals surface area contributed by atoms with E-state index in [4.69, 9.17) is 4.74 Å². The molecular weight excluding hydrogens is 380 g/mol. The zero-order valence-corrected chi connectivity index (χ0v) is 16.5. The summed E-state index contributed by atoms with van der Waals surface area (Å²) in [7, 11) is 0. The SMILES string of the molecule is C=C1C2(O)CCC(NC(=O)c3cccc4[nH]ccc34)[C@@H]3Oc4c(O)ccc(C)c4C132. The Morgan fingerprint density at radius 3 is 2.97 bits per heavy atom. The third-order valence-corrected chi connectivity index (χ3v) is 7.31. The number of aliphatic hydroxyl groups is 1. The quantitative estimate of drug-likeness (QED) is 0.496. The molecule has 4 atom stereocenters. The molecule has 1 amide bonds. The first-order chi connectivity index (χ1) is 14.4.